The Morgan fingerprint density at radius 2 is 1.94 bits per heavy atom. The zero-order valence-corrected chi connectivity index (χ0v) is 17.2. The van der Waals surface area contributed by atoms with Gasteiger partial charge in [0.15, 0.2) is 5.78 Å². The van der Waals surface area contributed by atoms with Gasteiger partial charge in [0.2, 0.25) is 5.95 Å². The molecule has 2 saturated heterocycles. The second kappa shape index (κ2) is 7.88. The van der Waals surface area contributed by atoms with Crippen molar-refractivity contribution in [1.82, 2.24) is 14.5 Å². The summed E-state index contributed by atoms with van der Waals surface area (Å²) < 4.78 is 48.7. The molecule has 0 N–H and O–H groups in total. The number of halogens is 3. The predicted octanol–water partition coefficient (Wildman–Crippen LogP) is 2.03. The summed E-state index contributed by atoms with van der Waals surface area (Å²) >= 11 is 0. The fourth-order valence-electron chi connectivity index (χ4n) is 4.72. The molecule has 0 aliphatic carbocycles. The summed E-state index contributed by atoms with van der Waals surface area (Å²) in [6.07, 6.45) is -0.240. The molecule has 2 fully saturated rings. The van der Waals surface area contributed by atoms with Gasteiger partial charge in [-0.2, -0.15) is 18.2 Å². The van der Waals surface area contributed by atoms with Crippen molar-refractivity contribution >= 4 is 17.5 Å². The van der Waals surface area contributed by atoms with Gasteiger partial charge in [0, 0.05) is 43.7 Å². The van der Waals surface area contributed by atoms with Gasteiger partial charge in [0.1, 0.15) is 11.9 Å². The highest BCUT2D eigenvalue weighted by Gasteiger charge is 2.47. The van der Waals surface area contributed by atoms with E-state index < -0.39 is 30.1 Å². The molecule has 11 heteroatoms. The van der Waals surface area contributed by atoms with E-state index >= 15 is 0 Å². The summed E-state index contributed by atoms with van der Waals surface area (Å²) in [4.78, 5) is 36.8. The number of ketones is 1. The Morgan fingerprint density at radius 1 is 1.19 bits per heavy atom. The molecule has 2 bridgehead atoms. The lowest BCUT2D eigenvalue weighted by Gasteiger charge is -2.39. The fourth-order valence-corrected chi connectivity index (χ4v) is 4.72. The molecule has 3 aliphatic heterocycles. The van der Waals surface area contributed by atoms with Gasteiger partial charge < -0.3 is 14.5 Å². The van der Waals surface area contributed by atoms with Crippen molar-refractivity contribution in [1.29, 1.82) is 0 Å². The molecule has 0 radical (unpaired) electrons. The number of rotatable bonds is 4. The molecule has 0 amide bonds. The number of hydrogen-bond acceptors (Lipinski definition) is 7. The number of hydrogen-bond donors (Lipinski definition) is 0. The largest absolute Gasteiger partial charge is 0.408 e. The number of Topliss-reactive ketones (excluding diaryl/α,β-unsaturated/α-hetero) is 1. The normalized spacial score (nSPS) is 25.0. The third-order valence-electron chi connectivity index (χ3n) is 6.28. The Morgan fingerprint density at radius 3 is 2.59 bits per heavy atom. The van der Waals surface area contributed by atoms with Crippen molar-refractivity contribution in [2.24, 2.45) is 0 Å². The molecule has 32 heavy (non-hydrogen) atoms. The van der Waals surface area contributed by atoms with Crippen molar-refractivity contribution in [2.75, 3.05) is 29.4 Å². The molecule has 5 heterocycles. The van der Waals surface area contributed by atoms with Crippen LogP contribution in [0.3, 0.4) is 0 Å². The Hall–Kier alpha value is -2.95. The first kappa shape index (κ1) is 20.9. The molecule has 0 spiro atoms. The van der Waals surface area contributed by atoms with Crippen LogP contribution in [0.25, 0.3) is 0 Å². The standard InChI is InChI=1S/C21H22F3N5O3/c22-21(23,24)17-5-7-28-19(31)8-18(27-10-14-3-4-15(11-27)32-14)26-20(28)29(17)12-16(30)13-2-1-6-25-9-13/h1-2,6,8-9,14-15,17H,3-5,7,10-12H2/t14?,15?,17-/m0/s1. The summed E-state index contributed by atoms with van der Waals surface area (Å²) in [5.74, 6) is -0.329. The molecule has 170 valence electrons. The van der Waals surface area contributed by atoms with Crippen LogP contribution in [-0.2, 0) is 11.3 Å². The fraction of sp³-hybridized carbons (Fsp3) is 0.524. The lowest BCUT2D eigenvalue weighted by atomic mass is 10.1. The van der Waals surface area contributed by atoms with Crippen LogP contribution in [0.1, 0.15) is 29.6 Å². The Balaban J connectivity index is 1.53. The van der Waals surface area contributed by atoms with Gasteiger partial charge in [0.25, 0.3) is 5.56 Å². The molecule has 0 saturated carbocycles. The molecular formula is C21H22F3N5O3. The zero-order chi connectivity index (χ0) is 22.5. The maximum atomic E-state index is 13.9. The van der Waals surface area contributed by atoms with E-state index in [9.17, 15) is 22.8 Å². The van der Waals surface area contributed by atoms with Gasteiger partial charge in [-0.15, -0.1) is 0 Å². The maximum absolute atomic E-state index is 13.9. The minimum absolute atomic E-state index is 0.0283. The second-order valence-electron chi connectivity index (χ2n) is 8.41. The number of morpholine rings is 1. The highest BCUT2D eigenvalue weighted by molar-refractivity contribution is 5.98. The first-order valence-corrected chi connectivity index (χ1v) is 10.6. The van der Waals surface area contributed by atoms with Gasteiger partial charge in [0.05, 0.1) is 18.8 Å². The molecular weight excluding hydrogens is 427 g/mol. The molecule has 8 nitrogen and oxygen atoms in total. The second-order valence-corrected chi connectivity index (χ2v) is 8.41. The van der Waals surface area contributed by atoms with Gasteiger partial charge >= 0.3 is 6.18 Å². The van der Waals surface area contributed by atoms with Crippen LogP contribution in [0.15, 0.2) is 35.4 Å². The summed E-state index contributed by atoms with van der Waals surface area (Å²) in [5, 5.41) is 0. The molecule has 2 aromatic rings. The lowest BCUT2D eigenvalue weighted by molar-refractivity contribution is -0.152. The lowest BCUT2D eigenvalue weighted by Crippen LogP contribution is -2.54. The van der Waals surface area contributed by atoms with E-state index in [0.29, 0.717) is 18.9 Å². The number of carbonyl (C=O) groups excluding carboxylic acids is 1. The molecule has 3 atom stereocenters. The number of alkyl halides is 3. The average molecular weight is 449 g/mol. The van der Waals surface area contributed by atoms with Crippen molar-refractivity contribution in [3.63, 3.8) is 0 Å². The van der Waals surface area contributed by atoms with Gasteiger partial charge in [-0.1, -0.05) is 0 Å². The number of anilines is 2. The zero-order valence-electron chi connectivity index (χ0n) is 17.2. The number of pyridine rings is 1. The molecule has 0 aromatic carbocycles. The molecule has 3 aliphatic rings. The third kappa shape index (κ3) is 3.85. The monoisotopic (exact) mass is 449 g/mol. The Labute approximate surface area is 181 Å². The first-order valence-electron chi connectivity index (χ1n) is 10.6. The first-order chi connectivity index (χ1) is 15.3. The van der Waals surface area contributed by atoms with Crippen molar-refractivity contribution in [3.8, 4) is 0 Å². The third-order valence-corrected chi connectivity index (χ3v) is 6.28. The summed E-state index contributed by atoms with van der Waals surface area (Å²) in [6, 6.07) is 2.50. The van der Waals surface area contributed by atoms with E-state index in [1.165, 1.54) is 29.1 Å². The molecule has 2 unspecified atom stereocenters. The van der Waals surface area contributed by atoms with Crippen molar-refractivity contribution in [2.45, 2.75) is 50.2 Å². The number of carbonyl (C=O) groups is 1. The minimum atomic E-state index is -4.58. The van der Waals surface area contributed by atoms with Crippen molar-refractivity contribution < 1.29 is 22.7 Å². The van der Waals surface area contributed by atoms with Crippen LogP contribution < -0.4 is 15.4 Å². The van der Waals surface area contributed by atoms with Gasteiger partial charge in [-0.05, 0) is 31.4 Å². The van der Waals surface area contributed by atoms with E-state index in [4.69, 9.17) is 4.74 Å². The maximum Gasteiger partial charge on any atom is 0.408 e. The molecule has 5 rings (SSSR count). The molecule has 2 aromatic heterocycles. The number of fused-ring (bicyclic) bond motifs is 3. The smallest absolute Gasteiger partial charge is 0.371 e. The SMILES string of the molecule is O=C(CN1c2nc(N3CC4CCC(C3)O4)cc(=O)n2CC[C@H]1C(F)(F)F)c1cccnc1. The van der Waals surface area contributed by atoms with Crippen LogP contribution in [-0.4, -0.2) is 64.4 Å². The highest BCUT2D eigenvalue weighted by atomic mass is 19.4. The number of aromatic nitrogens is 3. The van der Waals surface area contributed by atoms with E-state index in [2.05, 4.69) is 9.97 Å². The van der Waals surface area contributed by atoms with Gasteiger partial charge in [-0.25, -0.2) is 0 Å². The topological polar surface area (TPSA) is 80.6 Å². The summed E-state index contributed by atoms with van der Waals surface area (Å²) in [7, 11) is 0. The van der Waals surface area contributed by atoms with E-state index in [-0.39, 0.29) is 36.7 Å². The van der Waals surface area contributed by atoms with Crippen LogP contribution in [0.5, 0.6) is 0 Å². The van der Waals surface area contributed by atoms with E-state index in [0.717, 1.165) is 17.7 Å². The van der Waals surface area contributed by atoms with E-state index in [1.807, 2.05) is 4.90 Å². The van der Waals surface area contributed by atoms with Crippen LogP contribution in [0, 0.1) is 0 Å². The highest BCUT2D eigenvalue weighted by Crippen LogP contribution is 2.35. The van der Waals surface area contributed by atoms with Crippen molar-refractivity contribution in [3.05, 3.63) is 46.5 Å². The summed E-state index contributed by atoms with van der Waals surface area (Å²) in [5.41, 5.74) is -0.225. The number of ether oxygens (including phenoxy) is 1. The minimum Gasteiger partial charge on any atom is -0.371 e. The van der Waals surface area contributed by atoms with Crippen LogP contribution in [0.2, 0.25) is 0 Å². The Kier molecular flexibility index (Phi) is 5.15. The van der Waals surface area contributed by atoms with Crippen LogP contribution in [0.4, 0.5) is 24.9 Å². The predicted molar refractivity (Wildman–Crippen MR) is 109 cm³/mol. The average Bonchev–Trinajstić information content (AvgIpc) is 3.11. The van der Waals surface area contributed by atoms with E-state index in [1.54, 1.807) is 6.07 Å². The number of nitrogens with zero attached hydrogens (tertiary/aromatic N) is 5. The van der Waals surface area contributed by atoms with Crippen LogP contribution >= 0.6 is 0 Å². The van der Waals surface area contributed by atoms with Gasteiger partial charge in [-0.3, -0.25) is 19.1 Å². The quantitative estimate of drug-likeness (QED) is 0.661. The Bertz CT molecular complexity index is 1060. The summed E-state index contributed by atoms with van der Waals surface area (Å²) in [6.45, 7) is 0.394.